The van der Waals surface area contributed by atoms with Gasteiger partial charge in [0.25, 0.3) is 0 Å². The number of nitrogens with one attached hydrogen (secondary N) is 1. The van der Waals surface area contributed by atoms with Crippen LogP contribution in [-0.4, -0.2) is 22.0 Å². The Bertz CT molecular complexity index is 535. The second-order valence-corrected chi connectivity index (χ2v) is 4.75. The number of rotatable bonds is 3. The predicted octanol–water partition coefficient (Wildman–Crippen LogP) is 3.37. The van der Waals surface area contributed by atoms with Crippen LogP contribution in [0.5, 0.6) is 0 Å². The Morgan fingerprint density at radius 1 is 1.12 bits per heavy atom. The van der Waals surface area contributed by atoms with Gasteiger partial charge in [0.05, 0.1) is 5.02 Å². The lowest BCUT2D eigenvalue weighted by Gasteiger charge is -2.04. The maximum Gasteiger partial charge on any atom is 0.228 e. The van der Waals surface area contributed by atoms with Gasteiger partial charge in [0.1, 0.15) is 0 Å². The zero-order chi connectivity index (χ0) is 12.3. The van der Waals surface area contributed by atoms with Crippen LogP contribution in [0.2, 0.25) is 10.3 Å². The molecule has 88 valence electrons. The summed E-state index contributed by atoms with van der Waals surface area (Å²) in [7, 11) is 1.72. The van der Waals surface area contributed by atoms with Crippen molar-refractivity contribution >= 4 is 40.9 Å². The Morgan fingerprint density at radius 2 is 1.88 bits per heavy atom. The molecule has 1 aromatic carbocycles. The van der Waals surface area contributed by atoms with E-state index in [4.69, 9.17) is 23.2 Å². The van der Waals surface area contributed by atoms with Crippen molar-refractivity contribution in [2.45, 2.75) is 10.1 Å². The van der Waals surface area contributed by atoms with Crippen molar-refractivity contribution in [2.24, 2.45) is 0 Å². The molecule has 1 heterocycles. The van der Waals surface area contributed by atoms with E-state index in [1.165, 1.54) is 11.8 Å². The lowest BCUT2D eigenvalue weighted by Crippen LogP contribution is -1.99. The van der Waals surface area contributed by atoms with Crippen LogP contribution < -0.4 is 5.32 Å². The van der Waals surface area contributed by atoms with Crippen LogP contribution in [0.3, 0.4) is 0 Å². The number of halogens is 2. The molecule has 0 amide bonds. The summed E-state index contributed by atoms with van der Waals surface area (Å²) in [6, 6.07) is 7.47. The monoisotopic (exact) mass is 286 g/mol. The van der Waals surface area contributed by atoms with Gasteiger partial charge >= 0.3 is 0 Å². The van der Waals surface area contributed by atoms with E-state index < -0.39 is 0 Å². The molecular weight excluding hydrogens is 279 g/mol. The SMILES string of the molecule is CNc1nc(Cl)nc(Sc2ccccc2Cl)n1. The van der Waals surface area contributed by atoms with Gasteiger partial charge in [-0.05, 0) is 35.5 Å². The maximum atomic E-state index is 6.05. The lowest BCUT2D eigenvalue weighted by molar-refractivity contribution is 0.908. The summed E-state index contributed by atoms with van der Waals surface area (Å²) in [4.78, 5) is 13.0. The smallest absolute Gasteiger partial charge is 0.228 e. The fourth-order valence-corrected chi connectivity index (χ4v) is 2.35. The van der Waals surface area contributed by atoms with E-state index in [-0.39, 0.29) is 5.28 Å². The fraction of sp³-hybridized carbons (Fsp3) is 0.100. The molecule has 7 heteroatoms. The first-order valence-electron chi connectivity index (χ1n) is 4.71. The average molecular weight is 287 g/mol. The van der Waals surface area contributed by atoms with Gasteiger partial charge < -0.3 is 5.32 Å². The molecule has 0 spiro atoms. The Morgan fingerprint density at radius 3 is 2.59 bits per heavy atom. The van der Waals surface area contributed by atoms with Crippen molar-refractivity contribution in [1.82, 2.24) is 15.0 Å². The molecule has 0 saturated carbocycles. The van der Waals surface area contributed by atoms with E-state index in [1.807, 2.05) is 24.3 Å². The van der Waals surface area contributed by atoms with Gasteiger partial charge in [-0.2, -0.15) is 15.0 Å². The van der Waals surface area contributed by atoms with Crippen molar-refractivity contribution in [3.8, 4) is 0 Å². The third kappa shape index (κ3) is 3.21. The van der Waals surface area contributed by atoms with E-state index in [0.717, 1.165) is 4.90 Å². The zero-order valence-corrected chi connectivity index (χ0v) is 11.1. The molecule has 4 nitrogen and oxygen atoms in total. The third-order valence-corrected chi connectivity index (χ3v) is 3.40. The first-order chi connectivity index (χ1) is 8.19. The van der Waals surface area contributed by atoms with Crippen LogP contribution in [0.4, 0.5) is 5.95 Å². The van der Waals surface area contributed by atoms with Crippen molar-refractivity contribution in [3.05, 3.63) is 34.6 Å². The number of benzene rings is 1. The van der Waals surface area contributed by atoms with Crippen LogP contribution in [0, 0.1) is 0 Å². The Kier molecular flexibility index (Phi) is 4.04. The van der Waals surface area contributed by atoms with Crippen molar-refractivity contribution in [2.75, 3.05) is 12.4 Å². The van der Waals surface area contributed by atoms with E-state index in [0.29, 0.717) is 16.1 Å². The molecule has 0 unspecified atom stereocenters. The third-order valence-electron chi connectivity index (χ3n) is 1.85. The highest BCUT2D eigenvalue weighted by molar-refractivity contribution is 7.99. The standard InChI is InChI=1S/C10H8Cl2N4S/c1-13-9-14-8(12)15-10(16-9)17-7-5-3-2-4-6(7)11/h2-5H,1H3,(H,13,14,15,16). The molecule has 0 aliphatic rings. The summed E-state index contributed by atoms with van der Waals surface area (Å²) in [5, 5.41) is 4.12. The highest BCUT2D eigenvalue weighted by Crippen LogP contribution is 2.31. The van der Waals surface area contributed by atoms with Crippen molar-refractivity contribution in [3.63, 3.8) is 0 Å². The van der Waals surface area contributed by atoms with Crippen LogP contribution in [0.25, 0.3) is 0 Å². The van der Waals surface area contributed by atoms with Gasteiger partial charge in [-0.15, -0.1) is 0 Å². The van der Waals surface area contributed by atoms with Gasteiger partial charge in [0.15, 0.2) is 5.16 Å². The van der Waals surface area contributed by atoms with Crippen LogP contribution in [0.1, 0.15) is 0 Å². The first-order valence-corrected chi connectivity index (χ1v) is 6.28. The molecular formula is C10H8Cl2N4S. The van der Waals surface area contributed by atoms with Gasteiger partial charge in [0.2, 0.25) is 11.2 Å². The quantitative estimate of drug-likeness (QED) is 0.938. The van der Waals surface area contributed by atoms with Gasteiger partial charge in [-0.25, -0.2) is 0 Å². The Balaban J connectivity index is 2.30. The summed E-state index contributed by atoms with van der Waals surface area (Å²) in [6.07, 6.45) is 0. The molecule has 1 aromatic heterocycles. The van der Waals surface area contributed by atoms with Crippen molar-refractivity contribution < 1.29 is 0 Å². The second kappa shape index (κ2) is 5.53. The molecule has 0 radical (unpaired) electrons. The maximum absolute atomic E-state index is 6.05. The molecule has 2 aromatic rings. The molecule has 17 heavy (non-hydrogen) atoms. The van der Waals surface area contributed by atoms with Gasteiger partial charge in [-0.3, -0.25) is 0 Å². The second-order valence-electron chi connectivity index (χ2n) is 2.99. The predicted molar refractivity (Wildman–Crippen MR) is 70.0 cm³/mol. The molecule has 0 saturated heterocycles. The lowest BCUT2D eigenvalue weighted by atomic mass is 10.4. The topological polar surface area (TPSA) is 50.7 Å². The molecule has 0 atom stereocenters. The Labute approximate surface area is 113 Å². The van der Waals surface area contributed by atoms with E-state index >= 15 is 0 Å². The van der Waals surface area contributed by atoms with Gasteiger partial charge in [-0.1, -0.05) is 23.7 Å². The van der Waals surface area contributed by atoms with Crippen molar-refractivity contribution in [1.29, 1.82) is 0 Å². The number of nitrogens with zero attached hydrogens (tertiary/aromatic N) is 3. The Hall–Kier alpha value is -1.04. The highest BCUT2D eigenvalue weighted by Gasteiger charge is 2.07. The minimum Gasteiger partial charge on any atom is -0.357 e. The summed E-state index contributed by atoms with van der Waals surface area (Å²) in [6.45, 7) is 0. The van der Waals surface area contributed by atoms with E-state index in [2.05, 4.69) is 20.3 Å². The minimum absolute atomic E-state index is 0.152. The molecule has 1 N–H and O–H groups in total. The number of anilines is 1. The van der Waals surface area contributed by atoms with Crippen LogP contribution >= 0.6 is 35.0 Å². The minimum atomic E-state index is 0.152. The largest absolute Gasteiger partial charge is 0.357 e. The summed E-state index contributed by atoms with van der Waals surface area (Å²) < 4.78 is 0. The molecule has 0 aliphatic carbocycles. The number of aromatic nitrogens is 3. The molecule has 0 aliphatic heterocycles. The number of hydrogen-bond acceptors (Lipinski definition) is 5. The van der Waals surface area contributed by atoms with Crippen LogP contribution in [-0.2, 0) is 0 Å². The zero-order valence-electron chi connectivity index (χ0n) is 8.82. The highest BCUT2D eigenvalue weighted by atomic mass is 35.5. The molecule has 2 rings (SSSR count). The number of hydrogen-bond donors (Lipinski definition) is 1. The summed E-state index contributed by atoms with van der Waals surface area (Å²) >= 11 is 13.2. The fourth-order valence-electron chi connectivity index (χ4n) is 1.12. The normalized spacial score (nSPS) is 10.3. The summed E-state index contributed by atoms with van der Waals surface area (Å²) in [5.41, 5.74) is 0. The average Bonchev–Trinajstić information content (AvgIpc) is 2.31. The van der Waals surface area contributed by atoms with Crippen LogP contribution in [0.15, 0.2) is 34.3 Å². The van der Waals surface area contributed by atoms with Gasteiger partial charge in [0, 0.05) is 11.9 Å². The first kappa shape index (κ1) is 12.4. The van der Waals surface area contributed by atoms with E-state index in [1.54, 1.807) is 7.05 Å². The van der Waals surface area contributed by atoms with E-state index in [9.17, 15) is 0 Å². The molecule has 0 fully saturated rings. The summed E-state index contributed by atoms with van der Waals surface area (Å²) in [5.74, 6) is 0.430. The molecule has 0 bridgehead atoms.